The van der Waals surface area contributed by atoms with Crippen LogP contribution in [-0.4, -0.2) is 40.0 Å². The maximum atomic E-state index is 12.4. The second-order valence-electron chi connectivity index (χ2n) is 5.90. The lowest BCUT2D eigenvalue weighted by Gasteiger charge is -2.27. The fraction of sp³-hybridized carbons (Fsp3) is 0.333. The molecule has 1 aliphatic heterocycles. The van der Waals surface area contributed by atoms with Crippen LogP contribution in [0.15, 0.2) is 35.4 Å². The molecule has 3 rings (SSSR count). The molecule has 0 spiro atoms. The number of benzene rings is 1. The Bertz CT molecular complexity index is 860. The summed E-state index contributed by atoms with van der Waals surface area (Å²) in [6.45, 7) is 3.21. The van der Waals surface area contributed by atoms with Crippen molar-refractivity contribution in [3.05, 3.63) is 63.3 Å². The van der Waals surface area contributed by atoms with Gasteiger partial charge in [0, 0.05) is 18.7 Å². The predicted molar refractivity (Wildman–Crippen MR) is 93.6 cm³/mol. The highest BCUT2D eigenvalue weighted by Crippen LogP contribution is 2.13. The first-order valence-corrected chi connectivity index (χ1v) is 8.42. The van der Waals surface area contributed by atoms with Gasteiger partial charge in [0.05, 0.1) is 30.7 Å². The molecule has 136 valence electrons. The van der Waals surface area contributed by atoms with Crippen molar-refractivity contribution >= 4 is 12.0 Å². The fourth-order valence-corrected chi connectivity index (χ4v) is 2.80. The third kappa shape index (κ3) is 3.90. The summed E-state index contributed by atoms with van der Waals surface area (Å²) in [6.07, 6.45) is 1.84. The third-order valence-corrected chi connectivity index (χ3v) is 4.21. The minimum absolute atomic E-state index is 0.142. The topological polar surface area (TPSA) is 104 Å². The van der Waals surface area contributed by atoms with Gasteiger partial charge in [-0.25, -0.2) is 14.6 Å². The second-order valence-corrected chi connectivity index (χ2v) is 5.90. The Labute approximate surface area is 150 Å². The number of carbonyl (C=O) groups is 2. The van der Waals surface area contributed by atoms with Crippen molar-refractivity contribution in [2.24, 2.45) is 0 Å². The van der Waals surface area contributed by atoms with Gasteiger partial charge in [-0.1, -0.05) is 12.1 Å². The summed E-state index contributed by atoms with van der Waals surface area (Å²) >= 11 is 0. The quantitative estimate of drug-likeness (QED) is 0.802. The molecule has 2 amide bonds. The summed E-state index contributed by atoms with van der Waals surface area (Å²) in [4.78, 5) is 44.0. The van der Waals surface area contributed by atoms with E-state index in [0.29, 0.717) is 49.5 Å². The number of urea groups is 1. The smallest absolute Gasteiger partial charge is 0.338 e. The molecule has 0 saturated heterocycles. The highest BCUT2D eigenvalue weighted by Gasteiger charge is 2.23. The van der Waals surface area contributed by atoms with Crippen LogP contribution in [0.2, 0.25) is 0 Å². The number of hydrogen-bond acceptors (Lipinski definition) is 5. The summed E-state index contributed by atoms with van der Waals surface area (Å²) in [5, 5.41) is 2.85. The fourth-order valence-electron chi connectivity index (χ4n) is 2.80. The van der Waals surface area contributed by atoms with E-state index in [9.17, 15) is 14.4 Å². The largest absolute Gasteiger partial charge is 0.462 e. The molecule has 1 aromatic heterocycles. The van der Waals surface area contributed by atoms with E-state index in [4.69, 9.17) is 4.74 Å². The van der Waals surface area contributed by atoms with E-state index in [1.807, 2.05) is 0 Å². The van der Waals surface area contributed by atoms with Crippen LogP contribution in [0.25, 0.3) is 0 Å². The minimum Gasteiger partial charge on any atom is -0.462 e. The number of aromatic amines is 1. The monoisotopic (exact) mass is 356 g/mol. The average Bonchev–Trinajstić information content (AvgIpc) is 2.66. The van der Waals surface area contributed by atoms with E-state index in [0.717, 1.165) is 5.56 Å². The van der Waals surface area contributed by atoms with Crippen molar-refractivity contribution in [2.75, 3.05) is 13.2 Å². The molecule has 8 heteroatoms. The number of fused-ring (bicyclic) bond motifs is 1. The molecule has 8 nitrogen and oxygen atoms in total. The first-order valence-electron chi connectivity index (χ1n) is 8.42. The Balaban J connectivity index is 1.56. The first kappa shape index (κ1) is 17.7. The molecule has 0 fully saturated rings. The van der Waals surface area contributed by atoms with Crippen molar-refractivity contribution < 1.29 is 14.3 Å². The maximum Gasteiger partial charge on any atom is 0.338 e. The molecule has 0 aliphatic carbocycles. The van der Waals surface area contributed by atoms with E-state index in [-0.39, 0.29) is 17.6 Å². The second kappa shape index (κ2) is 7.81. The van der Waals surface area contributed by atoms with E-state index in [1.165, 1.54) is 6.33 Å². The Hall–Kier alpha value is -3.16. The number of nitrogens with zero attached hydrogens (tertiary/aromatic N) is 2. The number of rotatable bonds is 4. The summed E-state index contributed by atoms with van der Waals surface area (Å²) < 4.78 is 4.94. The lowest BCUT2D eigenvalue weighted by molar-refractivity contribution is 0.0526. The van der Waals surface area contributed by atoms with Crippen molar-refractivity contribution in [1.82, 2.24) is 20.2 Å². The Morgan fingerprint density at radius 1 is 1.31 bits per heavy atom. The standard InChI is InChI=1S/C18H20N4O4/c1-2-26-17(24)13-5-3-12(4-6-13)9-19-18(25)22-8-7-14-15(10-22)20-11-21-16(14)23/h3-6,11H,2,7-10H2,1H3,(H,19,25)(H,20,21,23). The third-order valence-electron chi connectivity index (χ3n) is 4.21. The van der Waals surface area contributed by atoms with Crippen LogP contribution in [0.1, 0.15) is 34.1 Å². The van der Waals surface area contributed by atoms with E-state index < -0.39 is 0 Å². The summed E-state index contributed by atoms with van der Waals surface area (Å²) in [5.41, 5.74) is 2.49. The summed E-state index contributed by atoms with van der Waals surface area (Å²) in [5.74, 6) is -0.363. The summed E-state index contributed by atoms with van der Waals surface area (Å²) in [7, 11) is 0. The van der Waals surface area contributed by atoms with Crippen LogP contribution in [0.5, 0.6) is 0 Å². The van der Waals surface area contributed by atoms with Gasteiger partial charge in [0.25, 0.3) is 5.56 Å². The number of amides is 2. The van der Waals surface area contributed by atoms with Crippen LogP contribution < -0.4 is 10.9 Å². The number of H-pyrrole nitrogens is 1. The molecule has 0 unspecified atom stereocenters. The molecule has 0 bridgehead atoms. The number of carbonyl (C=O) groups excluding carboxylic acids is 2. The van der Waals surface area contributed by atoms with Gasteiger partial charge in [-0.15, -0.1) is 0 Å². The maximum absolute atomic E-state index is 12.4. The number of aromatic nitrogens is 2. The Morgan fingerprint density at radius 3 is 2.81 bits per heavy atom. The van der Waals surface area contributed by atoms with Gasteiger partial charge in [0.2, 0.25) is 0 Å². The first-order chi connectivity index (χ1) is 12.6. The van der Waals surface area contributed by atoms with Gasteiger partial charge in [0.15, 0.2) is 0 Å². The normalized spacial score (nSPS) is 13.0. The summed E-state index contributed by atoms with van der Waals surface area (Å²) in [6, 6.07) is 6.69. The molecular formula is C18H20N4O4. The zero-order valence-corrected chi connectivity index (χ0v) is 14.4. The molecule has 0 saturated carbocycles. The SMILES string of the molecule is CCOC(=O)c1ccc(CNC(=O)N2CCc3c(nc[nH]c3=O)C2)cc1. The predicted octanol–water partition coefficient (Wildman–Crippen LogP) is 1.21. The van der Waals surface area contributed by atoms with Gasteiger partial charge < -0.3 is 19.9 Å². The van der Waals surface area contributed by atoms with Gasteiger partial charge in [-0.05, 0) is 31.0 Å². The van der Waals surface area contributed by atoms with Gasteiger partial charge in [-0.2, -0.15) is 0 Å². The van der Waals surface area contributed by atoms with E-state index in [2.05, 4.69) is 15.3 Å². The van der Waals surface area contributed by atoms with Gasteiger partial charge in [-0.3, -0.25) is 4.79 Å². The molecule has 1 aromatic carbocycles. The van der Waals surface area contributed by atoms with Crippen molar-refractivity contribution in [3.8, 4) is 0 Å². The molecule has 1 aliphatic rings. The molecule has 2 heterocycles. The van der Waals surface area contributed by atoms with Gasteiger partial charge >= 0.3 is 12.0 Å². The van der Waals surface area contributed by atoms with Crippen LogP contribution in [0.3, 0.4) is 0 Å². The highest BCUT2D eigenvalue weighted by atomic mass is 16.5. The van der Waals surface area contributed by atoms with Crippen LogP contribution in [0, 0.1) is 0 Å². The Kier molecular flexibility index (Phi) is 5.31. The number of esters is 1. The van der Waals surface area contributed by atoms with Crippen LogP contribution >= 0.6 is 0 Å². The molecule has 2 aromatic rings. The molecule has 0 atom stereocenters. The molecular weight excluding hydrogens is 336 g/mol. The molecule has 0 radical (unpaired) electrons. The van der Waals surface area contributed by atoms with Crippen molar-refractivity contribution in [3.63, 3.8) is 0 Å². The minimum atomic E-state index is -0.363. The van der Waals surface area contributed by atoms with Crippen LogP contribution in [-0.2, 0) is 24.2 Å². The van der Waals surface area contributed by atoms with E-state index in [1.54, 1.807) is 36.1 Å². The Morgan fingerprint density at radius 2 is 2.08 bits per heavy atom. The number of ether oxygens (including phenoxy) is 1. The molecule has 26 heavy (non-hydrogen) atoms. The zero-order chi connectivity index (χ0) is 18.5. The average molecular weight is 356 g/mol. The lowest BCUT2D eigenvalue weighted by Crippen LogP contribution is -2.44. The number of hydrogen-bond donors (Lipinski definition) is 2. The molecule has 2 N–H and O–H groups in total. The lowest BCUT2D eigenvalue weighted by atomic mass is 10.1. The highest BCUT2D eigenvalue weighted by molar-refractivity contribution is 5.89. The van der Waals surface area contributed by atoms with Crippen LogP contribution in [0.4, 0.5) is 4.79 Å². The van der Waals surface area contributed by atoms with E-state index >= 15 is 0 Å². The van der Waals surface area contributed by atoms with Crippen molar-refractivity contribution in [1.29, 1.82) is 0 Å². The van der Waals surface area contributed by atoms with Crippen molar-refractivity contribution in [2.45, 2.75) is 26.4 Å². The zero-order valence-electron chi connectivity index (χ0n) is 14.4. The van der Waals surface area contributed by atoms with Gasteiger partial charge in [0.1, 0.15) is 0 Å². The number of nitrogens with one attached hydrogen (secondary N) is 2.